The van der Waals surface area contributed by atoms with Crippen LogP contribution in [0, 0.1) is 0 Å². The third-order valence-corrected chi connectivity index (χ3v) is 8.16. The van der Waals surface area contributed by atoms with Gasteiger partial charge in [0.25, 0.3) is 5.78 Å². The molecule has 2 aromatic rings. The number of Topliss-reactive ketones (excluding diaryl/α,β-unsaturated/α-hetero) is 1. The lowest BCUT2D eigenvalue weighted by Crippen LogP contribution is -2.54. The first-order chi connectivity index (χ1) is 14.2. The van der Waals surface area contributed by atoms with Gasteiger partial charge in [0, 0.05) is 14.2 Å². The van der Waals surface area contributed by atoms with Crippen molar-refractivity contribution < 1.29 is 41.7 Å². The first-order valence-corrected chi connectivity index (χ1v) is 11.6. The van der Waals surface area contributed by atoms with E-state index in [0.717, 1.165) is 14.2 Å². The second-order valence-electron chi connectivity index (χ2n) is 6.22. The van der Waals surface area contributed by atoms with Crippen molar-refractivity contribution in [2.24, 2.45) is 0 Å². The normalized spacial score (nSPS) is 22.8. The fraction of sp³-hybridized carbons (Fsp3) is 0.412. The Kier molecular flexibility index (Phi) is 6.23. The molecule has 0 radical (unpaired) electrons. The number of aromatic amines is 1. The van der Waals surface area contributed by atoms with Gasteiger partial charge in [-0.15, -0.1) is 0 Å². The van der Waals surface area contributed by atoms with Crippen molar-refractivity contribution in [3.8, 4) is 0 Å². The summed E-state index contributed by atoms with van der Waals surface area (Å²) in [6.45, 7) is 1.35. The number of nitrogens with one attached hydrogen (secondary N) is 1. The van der Waals surface area contributed by atoms with Gasteiger partial charge in [0.05, 0.1) is 34.2 Å². The monoisotopic (exact) mass is 458 g/mol. The molecule has 0 spiro atoms. The number of carbonyl (C=O) groups excluding carboxylic acids is 3. The Balaban J connectivity index is 2.09. The van der Waals surface area contributed by atoms with Crippen LogP contribution in [0.2, 0.25) is 0 Å². The number of rotatable bonds is 8. The molecule has 13 heteroatoms. The minimum absolute atomic E-state index is 0.0290. The maximum Gasteiger partial charge on any atom is 0.377 e. The van der Waals surface area contributed by atoms with Gasteiger partial charge in [-0.3, -0.25) is 13.6 Å². The molecule has 0 aliphatic carbocycles. The molecule has 1 aromatic heterocycles. The van der Waals surface area contributed by atoms with E-state index < -0.39 is 53.1 Å². The predicted octanol–water partition coefficient (Wildman–Crippen LogP) is 0.953. The van der Waals surface area contributed by atoms with Crippen molar-refractivity contribution in [3.05, 3.63) is 24.3 Å². The highest BCUT2D eigenvalue weighted by Crippen LogP contribution is 2.59. The zero-order valence-corrected chi connectivity index (χ0v) is 18.0. The lowest BCUT2D eigenvalue weighted by molar-refractivity contribution is -0.171. The molecular weight excluding hydrogens is 439 g/mol. The van der Waals surface area contributed by atoms with Gasteiger partial charge in [-0.05, 0) is 19.1 Å². The van der Waals surface area contributed by atoms with Crippen LogP contribution >= 0.6 is 7.60 Å². The molecule has 1 aliphatic heterocycles. The van der Waals surface area contributed by atoms with Gasteiger partial charge in [0.15, 0.2) is 10.8 Å². The van der Waals surface area contributed by atoms with Crippen molar-refractivity contribution in [1.29, 1.82) is 0 Å². The van der Waals surface area contributed by atoms with E-state index in [4.69, 9.17) is 18.5 Å². The number of cyclic esters (lactones) is 1. The number of ketones is 1. The topological polar surface area (TPSA) is 151 Å². The number of ether oxygens (including phenoxy) is 2. The zero-order valence-electron chi connectivity index (χ0n) is 16.3. The lowest BCUT2D eigenvalue weighted by Gasteiger charge is -2.31. The Bertz CT molecular complexity index is 1040. The van der Waals surface area contributed by atoms with E-state index >= 15 is 0 Å². The standard InChI is InChI=1S/C17H19N2O9PS/c1-4-27-15(22)17(13(12(20)14(21)28-17)29(23,25-2)26-3)9-30(24)16-18-10-7-5-6-8-11(10)19-16/h5-8,13H,4,9H2,1-3H3,(H,18,19). The maximum absolute atomic E-state index is 13.1. The van der Waals surface area contributed by atoms with Crippen molar-refractivity contribution in [2.75, 3.05) is 26.6 Å². The third kappa shape index (κ3) is 3.60. The van der Waals surface area contributed by atoms with Crippen LogP contribution in [0.15, 0.2) is 29.4 Å². The van der Waals surface area contributed by atoms with Crippen LogP contribution in [0.5, 0.6) is 0 Å². The van der Waals surface area contributed by atoms with E-state index in [0.29, 0.717) is 11.0 Å². The van der Waals surface area contributed by atoms with Gasteiger partial charge in [-0.1, -0.05) is 12.1 Å². The van der Waals surface area contributed by atoms with Gasteiger partial charge in [0.1, 0.15) is 0 Å². The smallest absolute Gasteiger partial charge is 0.377 e. The van der Waals surface area contributed by atoms with Gasteiger partial charge in [-0.2, -0.15) is 0 Å². The molecule has 162 valence electrons. The number of fused-ring (bicyclic) bond motifs is 1. The first-order valence-electron chi connectivity index (χ1n) is 8.71. The number of imidazole rings is 1. The van der Waals surface area contributed by atoms with Gasteiger partial charge in [0.2, 0.25) is 5.60 Å². The Labute approximate surface area is 173 Å². The zero-order chi connectivity index (χ0) is 22.1. The van der Waals surface area contributed by atoms with E-state index in [1.54, 1.807) is 24.3 Å². The molecule has 1 fully saturated rings. The average molecular weight is 458 g/mol. The van der Waals surface area contributed by atoms with E-state index in [-0.39, 0.29) is 11.8 Å². The third-order valence-electron chi connectivity index (χ3n) is 4.54. The number of para-hydroxylation sites is 2. The first kappa shape index (κ1) is 22.3. The molecule has 0 bridgehead atoms. The predicted molar refractivity (Wildman–Crippen MR) is 103 cm³/mol. The summed E-state index contributed by atoms with van der Waals surface area (Å²) in [6, 6.07) is 6.86. The number of aromatic nitrogens is 2. The van der Waals surface area contributed by atoms with Crippen LogP contribution in [-0.4, -0.2) is 69.7 Å². The fourth-order valence-corrected chi connectivity index (χ4v) is 6.29. The number of hydrogen-bond acceptors (Lipinski definition) is 10. The molecule has 1 aliphatic rings. The number of benzene rings is 1. The SMILES string of the molecule is CCOC(=O)C1(CS(=O)c2nc3ccccc3[nH]2)OC(=O)C(=O)C1P(=O)(OC)OC. The summed E-state index contributed by atoms with van der Waals surface area (Å²) < 4.78 is 45.9. The number of esters is 2. The van der Waals surface area contributed by atoms with Crippen molar-refractivity contribution >= 4 is 47.2 Å². The second-order valence-corrected chi connectivity index (χ2v) is 9.91. The summed E-state index contributed by atoms with van der Waals surface area (Å²) >= 11 is 0. The highest BCUT2D eigenvalue weighted by Gasteiger charge is 2.70. The Hall–Kier alpha value is -2.40. The molecule has 1 N–H and O–H groups in total. The highest BCUT2D eigenvalue weighted by atomic mass is 32.2. The molecule has 3 atom stereocenters. The van der Waals surface area contributed by atoms with E-state index in [9.17, 15) is 23.2 Å². The molecule has 3 unspecified atom stereocenters. The van der Waals surface area contributed by atoms with Crippen molar-refractivity contribution in [3.63, 3.8) is 0 Å². The Morgan fingerprint density at radius 1 is 1.30 bits per heavy atom. The lowest BCUT2D eigenvalue weighted by atomic mass is 10.0. The van der Waals surface area contributed by atoms with Crippen molar-refractivity contribution in [2.45, 2.75) is 23.3 Å². The molecule has 2 heterocycles. The molecule has 1 saturated heterocycles. The molecule has 1 aromatic carbocycles. The van der Waals surface area contributed by atoms with Gasteiger partial charge >= 0.3 is 19.5 Å². The fourth-order valence-electron chi connectivity index (χ4n) is 3.15. The Morgan fingerprint density at radius 2 is 1.97 bits per heavy atom. The summed E-state index contributed by atoms with van der Waals surface area (Å²) in [5, 5.41) is -0.0290. The quantitative estimate of drug-likeness (QED) is 0.344. The maximum atomic E-state index is 13.1. The average Bonchev–Trinajstić information content (AvgIpc) is 3.28. The number of hydrogen-bond donors (Lipinski definition) is 1. The Morgan fingerprint density at radius 3 is 2.57 bits per heavy atom. The van der Waals surface area contributed by atoms with E-state index in [1.165, 1.54) is 6.92 Å². The molecule has 3 rings (SSSR count). The van der Waals surface area contributed by atoms with Crippen LogP contribution in [0.25, 0.3) is 11.0 Å². The minimum atomic E-state index is -4.36. The van der Waals surface area contributed by atoms with Crippen LogP contribution in [0.4, 0.5) is 0 Å². The highest BCUT2D eigenvalue weighted by molar-refractivity contribution is 7.85. The molecular formula is C17H19N2O9PS. The van der Waals surface area contributed by atoms with Gasteiger partial charge < -0.3 is 23.5 Å². The van der Waals surface area contributed by atoms with E-state index in [2.05, 4.69) is 9.97 Å². The molecule has 11 nitrogen and oxygen atoms in total. The van der Waals surface area contributed by atoms with Crippen LogP contribution in [0.1, 0.15) is 6.92 Å². The van der Waals surface area contributed by atoms with Gasteiger partial charge in [-0.25, -0.2) is 14.6 Å². The summed E-state index contributed by atoms with van der Waals surface area (Å²) in [5.74, 6) is -4.65. The van der Waals surface area contributed by atoms with E-state index in [1.807, 2.05) is 0 Å². The van der Waals surface area contributed by atoms with Crippen molar-refractivity contribution in [1.82, 2.24) is 9.97 Å². The van der Waals surface area contributed by atoms with Crippen LogP contribution in [-0.2, 0) is 48.3 Å². The summed E-state index contributed by atoms with van der Waals surface area (Å²) in [7, 11) is -4.46. The summed E-state index contributed by atoms with van der Waals surface area (Å²) in [4.78, 5) is 44.5. The molecule has 0 amide bonds. The number of H-pyrrole nitrogens is 1. The summed E-state index contributed by atoms with van der Waals surface area (Å²) in [5.41, 5.74) is -3.36. The van der Waals surface area contributed by atoms with Crippen LogP contribution < -0.4 is 0 Å². The number of carbonyl (C=O) groups is 3. The number of nitrogens with zero attached hydrogens (tertiary/aromatic N) is 1. The minimum Gasteiger partial charge on any atom is -0.463 e. The summed E-state index contributed by atoms with van der Waals surface area (Å²) in [6.07, 6.45) is 0. The second kappa shape index (κ2) is 8.38. The van der Waals surface area contributed by atoms with Crippen LogP contribution in [0.3, 0.4) is 0 Å². The molecule has 30 heavy (non-hydrogen) atoms. The largest absolute Gasteiger partial charge is 0.463 e. The molecule has 0 saturated carbocycles.